The van der Waals surface area contributed by atoms with Crippen molar-refractivity contribution in [2.45, 2.75) is 46.5 Å². The second-order valence-corrected chi connectivity index (χ2v) is 3.81. The van der Waals surface area contributed by atoms with E-state index in [0.717, 1.165) is 25.7 Å². The van der Waals surface area contributed by atoms with Crippen molar-refractivity contribution in [3.8, 4) is 0 Å². The van der Waals surface area contributed by atoms with Crippen molar-refractivity contribution in [3.05, 3.63) is 0 Å². The fraction of sp³-hybridized carbons (Fsp3) is 0.909. The van der Waals surface area contributed by atoms with Crippen molar-refractivity contribution < 1.29 is 4.79 Å². The summed E-state index contributed by atoms with van der Waals surface area (Å²) in [6, 6.07) is 0. The molecule has 2 atom stereocenters. The first-order valence-corrected chi connectivity index (χ1v) is 5.41. The predicted octanol–water partition coefficient (Wildman–Crippen LogP) is 2.37. The fourth-order valence-corrected chi connectivity index (χ4v) is 1.70. The second-order valence-electron chi connectivity index (χ2n) is 3.81. The second kappa shape index (κ2) is 7.07. The molecule has 0 bridgehead atoms. The number of carbonyl (C=O) groups excluding carboxylic acids is 1. The van der Waals surface area contributed by atoms with E-state index in [1.807, 2.05) is 6.92 Å². The summed E-state index contributed by atoms with van der Waals surface area (Å²) in [4.78, 5) is 11.8. The molecule has 2 heteroatoms. The number of carbonyl (C=O) groups is 1. The van der Waals surface area contributed by atoms with Crippen molar-refractivity contribution in [3.63, 3.8) is 0 Å². The van der Waals surface area contributed by atoms with E-state index >= 15 is 0 Å². The average molecular weight is 185 g/mol. The molecule has 2 N–H and O–H groups in total. The van der Waals surface area contributed by atoms with Crippen LogP contribution in [0.15, 0.2) is 0 Å². The Morgan fingerprint density at radius 2 is 1.77 bits per heavy atom. The molecule has 78 valence electrons. The highest BCUT2D eigenvalue weighted by atomic mass is 16.1. The summed E-state index contributed by atoms with van der Waals surface area (Å²) in [5, 5.41) is 0. The summed E-state index contributed by atoms with van der Waals surface area (Å²) in [5.41, 5.74) is 5.57. The van der Waals surface area contributed by atoms with E-state index in [9.17, 15) is 4.79 Å². The lowest BCUT2D eigenvalue weighted by atomic mass is 9.88. The van der Waals surface area contributed by atoms with Crippen molar-refractivity contribution in [2.24, 2.45) is 17.6 Å². The minimum atomic E-state index is 0.103. The predicted molar refractivity (Wildman–Crippen MR) is 56.5 cm³/mol. The number of nitrogens with two attached hydrogens (primary N) is 1. The summed E-state index contributed by atoms with van der Waals surface area (Å²) < 4.78 is 0. The van der Waals surface area contributed by atoms with Crippen LogP contribution in [0.1, 0.15) is 46.5 Å². The molecule has 0 fully saturated rings. The van der Waals surface area contributed by atoms with Crippen LogP contribution in [-0.2, 0) is 4.79 Å². The molecule has 0 heterocycles. The average Bonchev–Trinajstić information content (AvgIpc) is 2.13. The number of Topliss-reactive ketones (excluding diaryl/α,β-unsaturated/α-hetero) is 1. The van der Waals surface area contributed by atoms with Gasteiger partial charge in [-0.3, -0.25) is 4.79 Å². The van der Waals surface area contributed by atoms with Gasteiger partial charge >= 0.3 is 0 Å². The summed E-state index contributed by atoms with van der Waals surface area (Å²) in [6.07, 6.45) is 4.07. The third kappa shape index (κ3) is 4.41. The van der Waals surface area contributed by atoms with E-state index in [0.29, 0.717) is 12.3 Å². The Kier molecular flexibility index (Phi) is 6.87. The van der Waals surface area contributed by atoms with E-state index in [1.165, 1.54) is 0 Å². The SMILES string of the molecule is CCCC(C)C(=O)C(CN)CCC. The van der Waals surface area contributed by atoms with Gasteiger partial charge in [-0.05, 0) is 12.8 Å². The van der Waals surface area contributed by atoms with Gasteiger partial charge in [-0.1, -0.05) is 33.6 Å². The van der Waals surface area contributed by atoms with E-state index < -0.39 is 0 Å². The van der Waals surface area contributed by atoms with Crippen LogP contribution in [0.25, 0.3) is 0 Å². The van der Waals surface area contributed by atoms with Gasteiger partial charge in [0.2, 0.25) is 0 Å². The molecule has 0 aliphatic carbocycles. The number of ketones is 1. The van der Waals surface area contributed by atoms with Crippen LogP contribution in [0, 0.1) is 11.8 Å². The maximum atomic E-state index is 11.8. The lowest BCUT2D eigenvalue weighted by molar-refractivity contribution is -0.126. The Morgan fingerprint density at radius 1 is 1.23 bits per heavy atom. The summed E-state index contributed by atoms with van der Waals surface area (Å²) in [6.45, 7) is 6.74. The number of rotatable bonds is 7. The largest absolute Gasteiger partial charge is 0.330 e. The van der Waals surface area contributed by atoms with Gasteiger partial charge < -0.3 is 5.73 Å². The van der Waals surface area contributed by atoms with E-state index in [2.05, 4.69) is 13.8 Å². The van der Waals surface area contributed by atoms with Crippen LogP contribution < -0.4 is 5.73 Å². The highest BCUT2D eigenvalue weighted by molar-refractivity contribution is 5.83. The molecule has 0 aromatic carbocycles. The quantitative estimate of drug-likeness (QED) is 0.661. The van der Waals surface area contributed by atoms with Gasteiger partial charge in [-0.25, -0.2) is 0 Å². The van der Waals surface area contributed by atoms with Gasteiger partial charge in [0.1, 0.15) is 5.78 Å². The van der Waals surface area contributed by atoms with Gasteiger partial charge in [0.25, 0.3) is 0 Å². The van der Waals surface area contributed by atoms with Crippen LogP contribution in [0.4, 0.5) is 0 Å². The fourth-order valence-electron chi connectivity index (χ4n) is 1.70. The zero-order valence-electron chi connectivity index (χ0n) is 9.18. The zero-order valence-corrected chi connectivity index (χ0v) is 9.18. The van der Waals surface area contributed by atoms with Crippen LogP contribution in [0.2, 0.25) is 0 Å². The molecule has 0 aromatic rings. The topological polar surface area (TPSA) is 43.1 Å². The maximum absolute atomic E-state index is 11.8. The summed E-state index contributed by atoms with van der Waals surface area (Å²) in [7, 11) is 0. The zero-order chi connectivity index (χ0) is 10.3. The van der Waals surface area contributed by atoms with E-state index in [1.54, 1.807) is 0 Å². The molecule has 0 amide bonds. The van der Waals surface area contributed by atoms with Crippen molar-refractivity contribution >= 4 is 5.78 Å². The standard InChI is InChI=1S/C11H23NO/c1-4-6-9(3)11(13)10(8-12)7-5-2/h9-10H,4-8,12H2,1-3H3. The van der Waals surface area contributed by atoms with Crippen molar-refractivity contribution in [2.75, 3.05) is 6.54 Å². The Morgan fingerprint density at radius 3 is 2.15 bits per heavy atom. The van der Waals surface area contributed by atoms with Crippen molar-refractivity contribution in [1.82, 2.24) is 0 Å². The molecule has 0 radical (unpaired) electrons. The number of hydrogen-bond donors (Lipinski definition) is 1. The van der Waals surface area contributed by atoms with Crippen LogP contribution in [0.3, 0.4) is 0 Å². The van der Waals surface area contributed by atoms with Gasteiger partial charge in [-0.2, -0.15) is 0 Å². The summed E-state index contributed by atoms with van der Waals surface area (Å²) in [5.74, 6) is 0.669. The Labute approximate surface area is 81.9 Å². The molecule has 2 unspecified atom stereocenters. The minimum absolute atomic E-state index is 0.103. The minimum Gasteiger partial charge on any atom is -0.330 e. The Hall–Kier alpha value is -0.370. The third-order valence-electron chi connectivity index (χ3n) is 2.53. The summed E-state index contributed by atoms with van der Waals surface area (Å²) >= 11 is 0. The first kappa shape index (κ1) is 12.6. The normalized spacial score (nSPS) is 15.4. The third-order valence-corrected chi connectivity index (χ3v) is 2.53. The monoisotopic (exact) mass is 185 g/mol. The highest BCUT2D eigenvalue weighted by Crippen LogP contribution is 2.15. The lowest BCUT2D eigenvalue weighted by Gasteiger charge is -2.17. The Bertz CT molecular complexity index is 145. The van der Waals surface area contributed by atoms with Crippen LogP contribution in [-0.4, -0.2) is 12.3 Å². The molecule has 0 aliphatic rings. The molecular formula is C11H23NO. The smallest absolute Gasteiger partial charge is 0.140 e. The van der Waals surface area contributed by atoms with Gasteiger partial charge in [-0.15, -0.1) is 0 Å². The molecule has 0 aliphatic heterocycles. The molecule has 2 nitrogen and oxygen atoms in total. The maximum Gasteiger partial charge on any atom is 0.140 e. The molecule has 0 saturated heterocycles. The van der Waals surface area contributed by atoms with Crippen LogP contribution in [0.5, 0.6) is 0 Å². The number of hydrogen-bond acceptors (Lipinski definition) is 2. The van der Waals surface area contributed by atoms with Gasteiger partial charge in [0.15, 0.2) is 0 Å². The highest BCUT2D eigenvalue weighted by Gasteiger charge is 2.20. The Balaban J connectivity index is 4.02. The first-order valence-electron chi connectivity index (χ1n) is 5.41. The van der Waals surface area contributed by atoms with Gasteiger partial charge in [0, 0.05) is 18.4 Å². The van der Waals surface area contributed by atoms with E-state index in [-0.39, 0.29) is 11.8 Å². The van der Waals surface area contributed by atoms with Crippen LogP contribution >= 0.6 is 0 Å². The molecule has 0 aromatic heterocycles. The first-order chi connectivity index (χ1) is 6.17. The molecule has 13 heavy (non-hydrogen) atoms. The lowest BCUT2D eigenvalue weighted by Crippen LogP contribution is -2.28. The molecular weight excluding hydrogens is 162 g/mol. The molecule has 0 saturated carbocycles. The van der Waals surface area contributed by atoms with E-state index in [4.69, 9.17) is 5.73 Å². The molecule has 0 spiro atoms. The molecule has 0 rings (SSSR count). The van der Waals surface area contributed by atoms with Gasteiger partial charge in [0.05, 0.1) is 0 Å². The van der Waals surface area contributed by atoms with Crippen molar-refractivity contribution in [1.29, 1.82) is 0 Å².